The first-order valence-corrected chi connectivity index (χ1v) is 12.4. The zero-order chi connectivity index (χ0) is 22.4. The van der Waals surface area contributed by atoms with E-state index in [2.05, 4.69) is 15.5 Å². The van der Waals surface area contributed by atoms with Gasteiger partial charge in [-0.1, -0.05) is 24.6 Å². The van der Waals surface area contributed by atoms with Gasteiger partial charge in [0.1, 0.15) is 6.04 Å². The number of nitrogens with zero attached hydrogens (tertiary/aromatic N) is 5. The lowest BCUT2D eigenvalue weighted by Gasteiger charge is -2.20. The fraction of sp³-hybridized carbons (Fsp3) is 0.474. The molecule has 1 amide bonds. The van der Waals surface area contributed by atoms with Crippen molar-refractivity contribution in [3.63, 3.8) is 0 Å². The largest absolute Gasteiger partial charge is 0.368 e. The van der Waals surface area contributed by atoms with Gasteiger partial charge in [0.05, 0.1) is 16.7 Å². The van der Waals surface area contributed by atoms with Crippen LogP contribution in [0.25, 0.3) is 0 Å². The van der Waals surface area contributed by atoms with Crippen molar-refractivity contribution in [1.29, 1.82) is 5.26 Å². The van der Waals surface area contributed by atoms with E-state index < -0.39 is 16.1 Å². The van der Waals surface area contributed by atoms with Crippen molar-refractivity contribution in [3.05, 3.63) is 24.3 Å². The Morgan fingerprint density at radius 2 is 1.87 bits per heavy atom. The third-order valence-electron chi connectivity index (χ3n) is 5.05. The summed E-state index contributed by atoms with van der Waals surface area (Å²) in [5, 5.41) is 19.6. The molecule has 0 bridgehead atoms. The van der Waals surface area contributed by atoms with Crippen molar-refractivity contribution in [3.8, 4) is 6.07 Å². The number of aromatic nitrogens is 3. The van der Waals surface area contributed by atoms with Gasteiger partial charge in [-0.25, -0.2) is 8.42 Å². The van der Waals surface area contributed by atoms with Crippen LogP contribution in [-0.2, 0) is 14.8 Å². The van der Waals surface area contributed by atoms with E-state index in [1.165, 1.54) is 21.0 Å². The van der Waals surface area contributed by atoms with Crippen LogP contribution in [0.3, 0.4) is 0 Å². The Morgan fingerprint density at radius 3 is 2.48 bits per heavy atom. The van der Waals surface area contributed by atoms with Crippen LogP contribution < -0.4 is 11.1 Å². The number of carbonyl (C=O) groups is 1. The summed E-state index contributed by atoms with van der Waals surface area (Å²) < 4.78 is 28.7. The van der Waals surface area contributed by atoms with Crippen molar-refractivity contribution < 1.29 is 13.2 Å². The van der Waals surface area contributed by atoms with Gasteiger partial charge in [0.15, 0.2) is 5.16 Å². The predicted octanol–water partition coefficient (Wildman–Crippen LogP) is 2.24. The van der Waals surface area contributed by atoms with Crippen molar-refractivity contribution in [2.24, 2.45) is 0 Å². The summed E-state index contributed by atoms with van der Waals surface area (Å²) in [7, 11) is -3.55. The van der Waals surface area contributed by atoms with Crippen LogP contribution in [0, 0.1) is 11.3 Å². The van der Waals surface area contributed by atoms with Crippen LogP contribution in [0.4, 0.5) is 11.6 Å². The van der Waals surface area contributed by atoms with E-state index in [0.717, 1.165) is 37.4 Å². The van der Waals surface area contributed by atoms with Crippen LogP contribution >= 0.6 is 11.8 Å². The fourth-order valence-electron chi connectivity index (χ4n) is 3.35. The Bertz CT molecular complexity index is 1050. The van der Waals surface area contributed by atoms with Crippen LogP contribution in [-0.4, -0.2) is 52.2 Å². The summed E-state index contributed by atoms with van der Waals surface area (Å²) in [5.74, 6) is -0.144. The van der Waals surface area contributed by atoms with Crippen molar-refractivity contribution in [2.45, 2.75) is 48.7 Å². The molecule has 10 nitrogen and oxygen atoms in total. The van der Waals surface area contributed by atoms with Gasteiger partial charge in [-0.2, -0.15) is 9.57 Å². The van der Waals surface area contributed by atoms with Gasteiger partial charge in [-0.3, -0.25) is 9.36 Å². The summed E-state index contributed by atoms with van der Waals surface area (Å²) >= 11 is 1.14. The molecule has 1 aliphatic heterocycles. The molecule has 0 radical (unpaired) electrons. The lowest BCUT2D eigenvalue weighted by molar-refractivity contribution is -0.118. The molecular formula is C19H25N7O3S2. The number of benzene rings is 1. The van der Waals surface area contributed by atoms with E-state index in [-0.39, 0.29) is 22.5 Å². The highest BCUT2D eigenvalue weighted by Crippen LogP contribution is 2.25. The van der Waals surface area contributed by atoms with E-state index in [9.17, 15) is 13.2 Å². The Kier molecular flexibility index (Phi) is 7.53. The number of thioether (sulfide) groups is 1. The SMILES string of the molecule is CC(C(=O)Nc1ccc(S(=O)(=O)N2CCCCCC2)cc1)n1c(N)nnc1SCC#N. The van der Waals surface area contributed by atoms with E-state index in [1.807, 2.05) is 6.07 Å². The zero-order valence-electron chi connectivity index (χ0n) is 17.2. The molecule has 3 rings (SSSR count). The number of nitriles is 1. The third-order valence-corrected chi connectivity index (χ3v) is 7.77. The second kappa shape index (κ2) is 10.1. The average Bonchev–Trinajstić information content (AvgIpc) is 2.95. The van der Waals surface area contributed by atoms with Gasteiger partial charge in [-0.15, -0.1) is 10.2 Å². The van der Waals surface area contributed by atoms with E-state index >= 15 is 0 Å². The number of carbonyl (C=O) groups excluding carboxylic acids is 1. The molecule has 166 valence electrons. The third kappa shape index (κ3) is 5.36. The number of hydrogen-bond donors (Lipinski definition) is 2. The normalized spacial score (nSPS) is 16.3. The first-order chi connectivity index (χ1) is 14.8. The van der Waals surface area contributed by atoms with Gasteiger partial charge in [-0.05, 0) is 44.0 Å². The lowest BCUT2D eigenvalue weighted by Crippen LogP contribution is -2.31. The molecule has 2 heterocycles. The number of nitrogen functional groups attached to an aromatic ring is 1. The van der Waals surface area contributed by atoms with E-state index in [1.54, 1.807) is 19.1 Å². The van der Waals surface area contributed by atoms with Gasteiger partial charge in [0, 0.05) is 18.8 Å². The number of hydrogen-bond acceptors (Lipinski definition) is 8. The van der Waals surface area contributed by atoms with E-state index in [0.29, 0.717) is 23.9 Å². The topological polar surface area (TPSA) is 147 Å². The molecule has 1 aliphatic rings. The van der Waals surface area contributed by atoms with Gasteiger partial charge in [0.2, 0.25) is 21.9 Å². The molecular weight excluding hydrogens is 438 g/mol. The second-order valence-corrected chi connectivity index (χ2v) is 10.0. The number of nitrogens with one attached hydrogen (secondary N) is 1. The standard InChI is InChI=1S/C19H25N7O3S2/c1-14(26-18(21)23-24-19(26)30-13-10-20)17(27)22-15-6-8-16(9-7-15)31(28,29)25-11-4-2-3-5-12-25/h6-9,14H,2-5,11-13H2,1H3,(H2,21,23)(H,22,27). The number of sulfonamides is 1. The molecule has 1 aromatic heterocycles. The minimum Gasteiger partial charge on any atom is -0.368 e. The summed E-state index contributed by atoms with van der Waals surface area (Å²) in [6, 6.07) is 7.40. The Labute approximate surface area is 185 Å². The maximum Gasteiger partial charge on any atom is 0.247 e. The minimum atomic E-state index is -3.55. The van der Waals surface area contributed by atoms with Crippen LogP contribution in [0.2, 0.25) is 0 Å². The Hall–Kier alpha value is -2.62. The highest BCUT2D eigenvalue weighted by Gasteiger charge is 2.26. The monoisotopic (exact) mass is 463 g/mol. The quantitative estimate of drug-likeness (QED) is 0.594. The number of anilines is 2. The van der Waals surface area contributed by atoms with Gasteiger partial charge < -0.3 is 11.1 Å². The smallest absolute Gasteiger partial charge is 0.247 e. The van der Waals surface area contributed by atoms with Crippen LogP contribution in [0.15, 0.2) is 34.3 Å². The summed E-state index contributed by atoms with van der Waals surface area (Å²) in [5.41, 5.74) is 6.30. The minimum absolute atomic E-state index is 0.0713. The highest BCUT2D eigenvalue weighted by atomic mass is 32.2. The molecule has 0 spiro atoms. The molecule has 1 aromatic carbocycles. The number of amides is 1. The summed E-state index contributed by atoms with van der Waals surface area (Å²) in [4.78, 5) is 12.9. The maximum absolute atomic E-state index is 12.9. The molecule has 2 aromatic rings. The van der Waals surface area contributed by atoms with Crippen LogP contribution in [0.5, 0.6) is 0 Å². The maximum atomic E-state index is 12.9. The van der Waals surface area contributed by atoms with Crippen molar-refractivity contribution in [1.82, 2.24) is 19.1 Å². The second-order valence-electron chi connectivity index (χ2n) is 7.17. The average molecular weight is 464 g/mol. The van der Waals surface area contributed by atoms with Crippen molar-refractivity contribution >= 4 is 39.3 Å². The van der Waals surface area contributed by atoms with E-state index in [4.69, 9.17) is 11.0 Å². The Balaban J connectivity index is 1.70. The molecule has 1 fully saturated rings. The number of nitrogens with two attached hydrogens (primary N) is 1. The Morgan fingerprint density at radius 1 is 1.23 bits per heavy atom. The molecule has 0 aliphatic carbocycles. The molecule has 0 saturated carbocycles. The summed E-state index contributed by atoms with van der Waals surface area (Å²) in [6.07, 6.45) is 3.82. The summed E-state index contributed by atoms with van der Waals surface area (Å²) in [6.45, 7) is 2.71. The zero-order valence-corrected chi connectivity index (χ0v) is 18.8. The van der Waals surface area contributed by atoms with Crippen molar-refractivity contribution in [2.75, 3.05) is 29.9 Å². The molecule has 31 heavy (non-hydrogen) atoms. The van der Waals surface area contributed by atoms with Gasteiger partial charge in [0.25, 0.3) is 0 Å². The molecule has 1 unspecified atom stereocenters. The van der Waals surface area contributed by atoms with Crippen LogP contribution in [0.1, 0.15) is 38.6 Å². The first kappa shape index (κ1) is 23.1. The highest BCUT2D eigenvalue weighted by molar-refractivity contribution is 7.99. The molecule has 12 heteroatoms. The first-order valence-electron chi connectivity index (χ1n) is 9.96. The fourth-order valence-corrected chi connectivity index (χ4v) is 5.55. The molecule has 1 atom stereocenters. The predicted molar refractivity (Wildman–Crippen MR) is 118 cm³/mol. The van der Waals surface area contributed by atoms with Gasteiger partial charge >= 0.3 is 0 Å². The molecule has 1 saturated heterocycles. The lowest BCUT2D eigenvalue weighted by atomic mass is 10.2. The number of rotatable bonds is 7. The molecule has 3 N–H and O–H groups in total.